The van der Waals surface area contributed by atoms with Gasteiger partial charge in [0.25, 0.3) is 0 Å². The molecule has 10 heteroatoms. The van der Waals surface area contributed by atoms with Gasteiger partial charge in [0.1, 0.15) is 12.3 Å². The Hall–Kier alpha value is -2.72. The number of carbonyl (C=O) groups is 2. The van der Waals surface area contributed by atoms with Crippen LogP contribution in [0.5, 0.6) is 5.75 Å². The number of aromatic carboxylic acids is 1. The van der Waals surface area contributed by atoms with E-state index >= 15 is 0 Å². The van der Waals surface area contributed by atoms with E-state index in [0.29, 0.717) is 24.9 Å². The predicted octanol–water partition coefficient (Wildman–Crippen LogP) is -0.0775. The predicted molar refractivity (Wildman–Crippen MR) is 91.9 cm³/mol. The van der Waals surface area contributed by atoms with E-state index in [9.17, 15) is 19.7 Å². The van der Waals surface area contributed by atoms with Crippen LogP contribution in [0.3, 0.4) is 0 Å². The van der Waals surface area contributed by atoms with Crippen LogP contribution < -0.4 is 10.4 Å². The van der Waals surface area contributed by atoms with Crippen LogP contribution in [-0.4, -0.2) is 50.5 Å². The summed E-state index contributed by atoms with van der Waals surface area (Å²) < 4.78 is 6.84. The van der Waals surface area contributed by atoms with E-state index in [0.717, 1.165) is 5.69 Å². The minimum absolute atomic E-state index is 0.00127. The quantitative estimate of drug-likeness (QED) is 0.584. The van der Waals surface area contributed by atoms with Crippen LogP contribution in [0, 0.1) is 0 Å². The van der Waals surface area contributed by atoms with Crippen molar-refractivity contribution in [2.45, 2.75) is 31.6 Å². The summed E-state index contributed by atoms with van der Waals surface area (Å²) in [6, 6.07) is 4.78. The number of rotatable bonds is 7. The minimum atomic E-state index is -1.24. The monoisotopic (exact) mass is 358 g/mol. The third-order valence-corrected chi connectivity index (χ3v) is 4.27. The van der Waals surface area contributed by atoms with Gasteiger partial charge in [-0.05, 0) is 24.6 Å². The van der Waals surface area contributed by atoms with Gasteiger partial charge < -0.3 is 20.5 Å². The molecule has 9 nitrogen and oxygen atoms in total. The Kier molecular flexibility index (Phi) is 5.33. The zero-order chi connectivity index (χ0) is 18.7. The first kappa shape index (κ1) is 18.1. The molecule has 0 bridgehead atoms. The second-order valence-corrected chi connectivity index (χ2v) is 6.26. The first-order valence-electron chi connectivity index (χ1n) is 8.28. The molecule has 0 saturated carbocycles. The van der Waals surface area contributed by atoms with Crippen LogP contribution in [0.15, 0.2) is 24.4 Å². The molecule has 0 spiro atoms. The summed E-state index contributed by atoms with van der Waals surface area (Å²) >= 11 is 0. The third-order valence-electron chi connectivity index (χ3n) is 4.27. The van der Waals surface area contributed by atoms with Crippen LogP contribution in [0.2, 0.25) is 5.82 Å². The molecule has 26 heavy (non-hydrogen) atoms. The standard InChI is InChI=1S/C16H19BN4O5/c18-5-4-12-8-21(20-19-12)9-13(22)7-11-6-10-2-1-3-14(16(23)24)15(10)26-17(11)25/h1-3,8,11,25H,4-7,9,18H2,(H,23,24)/t11-/m1/s1. The van der Waals surface area contributed by atoms with E-state index in [4.69, 9.17) is 10.4 Å². The van der Waals surface area contributed by atoms with Gasteiger partial charge in [-0.3, -0.25) is 4.79 Å². The molecule has 1 atom stereocenters. The Labute approximate surface area is 149 Å². The number of nitrogens with zero attached hydrogens (tertiary/aromatic N) is 3. The molecule has 0 saturated heterocycles. The molecule has 1 aromatic carbocycles. The highest BCUT2D eigenvalue weighted by molar-refractivity contribution is 6.47. The van der Waals surface area contributed by atoms with Gasteiger partial charge in [-0.25, -0.2) is 9.48 Å². The smallest absolute Gasteiger partial charge is 0.526 e. The Morgan fingerprint density at radius 2 is 2.23 bits per heavy atom. The van der Waals surface area contributed by atoms with Gasteiger partial charge in [0.2, 0.25) is 0 Å². The van der Waals surface area contributed by atoms with Gasteiger partial charge in [-0.1, -0.05) is 17.3 Å². The van der Waals surface area contributed by atoms with Crippen molar-refractivity contribution in [2.24, 2.45) is 5.73 Å². The van der Waals surface area contributed by atoms with E-state index in [1.54, 1.807) is 18.3 Å². The molecule has 2 heterocycles. The molecular weight excluding hydrogens is 339 g/mol. The van der Waals surface area contributed by atoms with Crippen molar-refractivity contribution in [3.63, 3.8) is 0 Å². The molecule has 1 aromatic heterocycles. The Bertz CT molecular complexity index is 825. The average molecular weight is 358 g/mol. The lowest BCUT2D eigenvalue weighted by atomic mass is 9.64. The second-order valence-electron chi connectivity index (χ2n) is 6.26. The first-order valence-corrected chi connectivity index (χ1v) is 8.28. The van der Waals surface area contributed by atoms with Crippen LogP contribution in [0.4, 0.5) is 0 Å². The van der Waals surface area contributed by atoms with Gasteiger partial charge in [0.05, 0.1) is 11.3 Å². The largest absolute Gasteiger partial charge is 0.535 e. The summed E-state index contributed by atoms with van der Waals surface area (Å²) in [5.74, 6) is -1.53. The molecule has 2 aromatic rings. The average Bonchev–Trinajstić information content (AvgIpc) is 3.02. The zero-order valence-electron chi connectivity index (χ0n) is 14.0. The molecule has 1 aliphatic heterocycles. The number of carbonyl (C=O) groups excluding carboxylic acids is 1. The van der Waals surface area contributed by atoms with Crippen LogP contribution in [-0.2, 0) is 24.2 Å². The highest BCUT2D eigenvalue weighted by Gasteiger charge is 2.37. The molecule has 0 radical (unpaired) electrons. The van der Waals surface area contributed by atoms with Crippen LogP contribution >= 0.6 is 0 Å². The first-order chi connectivity index (χ1) is 12.5. The normalized spacial score (nSPS) is 16.1. The van der Waals surface area contributed by atoms with E-state index in [1.165, 1.54) is 10.7 Å². The number of Topliss-reactive ketones (excluding diaryl/α,β-unsaturated/α-hetero) is 1. The summed E-state index contributed by atoms with van der Waals surface area (Å²) in [5, 5.41) is 27.2. The third kappa shape index (κ3) is 3.92. The molecule has 0 amide bonds. The van der Waals surface area contributed by atoms with Crippen molar-refractivity contribution < 1.29 is 24.4 Å². The fourth-order valence-corrected chi connectivity index (χ4v) is 3.04. The highest BCUT2D eigenvalue weighted by Crippen LogP contribution is 2.36. The summed E-state index contributed by atoms with van der Waals surface area (Å²) in [4.78, 5) is 23.6. The van der Waals surface area contributed by atoms with Crippen molar-refractivity contribution >= 4 is 18.9 Å². The lowest BCUT2D eigenvalue weighted by Gasteiger charge is -2.27. The van der Waals surface area contributed by atoms with Gasteiger partial charge in [0, 0.05) is 24.9 Å². The number of hydrogen-bond acceptors (Lipinski definition) is 7. The van der Waals surface area contributed by atoms with Crippen molar-refractivity contribution in [3.05, 3.63) is 41.2 Å². The number of para-hydroxylation sites is 1. The highest BCUT2D eigenvalue weighted by atomic mass is 16.5. The summed E-state index contributed by atoms with van der Waals surface area (Å²) in [7, 11) is -1.24. The number of carboxylic acid groups (broad SMARTS) is 1. The number of ketones is 1. The number of aromatic nitrogens is 3. The maximum atomic E-state index is 12.3. The van der Waals surface area contributed by atoms with Crippen molar-refractivity contribution in [1.82, 2.24) is 15.0 Å². The molecule has 0 unspecified atom stereocenters. The van der Waals surface area contributed by atoms with Gasteiger partial charge in [0.15, 0.2) is 5.78 Å². The molecule has 136 valence electrons. The SMILES string of the molecule is NCCc1cn(CC(=O)C[C@H]2Cc3cccc(C(=O)O)c3OB2O)nn1. The lowest BCUT2D eigenvalue weighted by Crippen LogP contribution is -2.36. The van der Waals surface area contributed by atoms with Crippen LogP contribution in [0.1, 0.15) is 28.0 Å². The number of carboxylic acids is 1. The molecule has 3 rings (SSSR count). The van der Waals surface area contributed by atoms with Crippen molar-refractivity contribution in [3.8, 4) is 5.75 Å². The van der Waals surface area contributed by atoms with E-state index in [1.807, 2.05) is 0 Å². The molecule has 0 fully saturated rings. The van der Waals surface area contributed by atoms with E-state index < -0.39 is 18.9 Å². The maximum absolute atomic E-state index is 12.3. The number of hydrogen-bond donors (Lipinski definition) is 3. The summed E-state index contributed by atoms with van der Waals surface area (Å²) in [5.41, 5.74) is 6.84. The molecule has 4 N–H and O–H groups in total. The molecular formula is C16H19BN4O5. The minimum Gasteiger partial charge on any atom is -0.535 e. The van der Waals surface area contributed by atoms with Gasteiger partial charge in [-0.15, -0.1) is 5.10 Å². The van der Waals surface area contributed by atoms with Crippen molar-refractivity contribution in [1.29, 1.82) is 0 Å². The topological polar surface area (TPSA) is 141 Å². The number of fused-ring (bicyclic) bond motifs is 1. The lowest BCUT2D eigenvalue weighted by molar-refractivity contribution is -0.120. The van der Waals surface area contributed by atoms with E-state index in [-0.39, 0.29) is 30.1 Å². The number of nitrogens with two attached hydrogens (primary N) is 1. The molecule has 1 aliphatic rings. The van der Waals surface area contributed by atoms with E-state index in [2.05, 4.69) is 10.3 Å². The van der Waals surface area contributed by atoms with Gasteiger partial charge >= 0.3 is 13.1 Å². The second kappa shape index (κ2) is 7.67. The number of benzene rings is 1. The Balaban J connectivity index is 1.66. The Morgan fingerprint density at radius 1 is 1.42 bits per heavy atom. The maximum Gasteiger partial charge on any atom is 0.526 e. The van der Waals surface area contributed by atoms with Crippen molar-refractivity contribution in [2.75, 3.05) is 6.54 Å². The summed E-state index contributed by atoms with van der Waals surface area (Å²) in [6.07, 6.45) is 2.71. The fourth-order valence-electron chi connectivity index (χ4n) is 3.04. The zero-order valence-corrected chi connectivity index (χ0v) is 14.0. The fraction of sp³-hybridized carbons (Fsp3) is 0.375. The Morgan fingerprint density at radius 3 is 2.96 bits per heavy atom. The molecule has 0 aliphatic carbocycles. The van der Waals surface area contributed by atoms with Crippen LogP contribution in [0.25, 0.3) is 0 Å². The van der Waals surface area contributed by atoms with Gasteiger partial charge in [-0.2, -0.15) is 0 Å². The summed E-state index contributed by atoms with van der Waals surface area (Å²) in [6.45, 7) is 0.499.